The Bertz CT molecular complexity index is 572. The van der Waals surface area contributed by atoms with Gasteiger partial charge in [-0.2, -0.15) is 0 Å². The van der Waals surface area contributed by atoms with Crippen LogP contribution in [0.3, 0.4) is 0 Å². The van der Waals surface area contributed by atoms with Crippen molar-refractivity contribution in [2.45, 2.75) is 27.3 Å². The summed E-state index contributed by atoms with van der Waals surface area (Å²) in [5.41, 5.74) is 3.54. The van der Waals surface area contributed by atoms with E-state index in [4.69, 9.17) is 4.74 Å². The summed E-state index contributed by atoms with van der Waals surface area (Å²) in [6.07, 6.45) is 0. The van der Waals surface area contributed by atoms with E-state index in [0.29, 0.717) is 0 Å². The van der Waals surface area contributed by atoms with Crippen molar-refractivity contribution in [2.75, 3.05) is 6.54 Å². The summed E-state index contributed by atoms with van der Waals surface area (Å²) in [6.45, 7) is 8.03. The Morgan fingerprint density at radius 3 is 2.40 bits per heavy atom. The molecule has 2 rings (SSSR count). The average Bonchev–Trinajstić information content (AvgIpc) is 2.44. The summed E-state index contributed by atoms with van der Waals surface area (Å²) in [5.74, 6) is 1.79. The molecule has 0 aliphatic carbocycles. The largest absolute Gasteiger partial charge is 0.457 e. The van der Waals surface area contributed by atoms with E-state index >= 15 is 0 Å². The van der Waals surface area contributed by atoms with Crippen LogP contribution in [0.15, 0.2) is 40.9 Å². The number of hydrogen-bond donors (Lipinski definition) is 1. The first kappa shape index (κ1) is 15.1. The lowest BCUT2D eigenvalue weighted by Crippen LogP contribution is -2.12. The molecule has 0 saturated carbocycles. The van der Waals surface area contributed by atoms with Gasteiger partial charge in [-0.15, -0.1) is 0 Å². The van der Waals surface area contributed by atoms with E-state index < -0.39 is 0 Å². The van der Waals surface area contributed by atoms with Crippen LogP contribution >= 0.6 is 15.9 Å². The zero-order chi connectivity index (χ0) is 14.5. The van der Waals surface area contributed by atoms with Crippen molar-refractivity contribution >= 4 is 15.9 Å². The zero-order valence-electron chi connectivity index (χ0n) is 12.2. The van der Waals surface area contributed by atoms with Crippen molar-refractivity contribution in [3.05, 3.63) is 57.6 Å². The van der Waals surface area contributed by atoms with Gasteiger partial charge in [0.2, 0.25) is 0 Å². The highest BCUT2D eigenvalue weighted by Crippen LogP contribution is 2.30. The van der Waals surface area contributed by atoms with Gasteiger partial charge in [-0.05, 0) is 49.7 Å². The first-order valence-corrected chi connectivity index (χ1v) is 7.64. The van der Waals surface area contributed by atoms with E-state index in [1.54, 1.807) is 0 Å². The maximum absolute atomic E-state index is 6.06. The maximum atomic E-state index is 6.06. The molecule has 2 aromatic rings. The Hall–Kier alpha value is -1.32. The van der Waals surface area contributed by atoms with Gasteiger partial charge in [0.15, 0.2) is 0 Å². The summed E-state index contributed by atoms with van der Waals surface area (Å²) >= 11 is 3.58. The van der Waals surface area contributed by atoms with E-state index in [1.807, 2.05) is 18.2 Å². The Kier molecular flexibility index (Phi) is 5.21. The van der Waals surface area contributed by atoms with Crippen LogP contribution in [0.5, 0.6) is 11.5 Å². The highest BCUT2D eigenvalue weighted by Gasteiger charge is 2.07. The topological polar surface area (TPSA) is 21.3 Å². The van der Waals surface area contributed by atoms with Crippen molar-refractivity contribution in [3.8, 4) is 11.5 Å². The third-order valence-electron chi connectivity index (χ3n) is 3.18. The van der Waals surface area contributed by atoms with Gasteiger partial charge in [-0.1, -0.05) is 41.1 Å². The number of benzene rings is 2. The monoisotopic (exact) mass is 333 g/mol. The van der Waals surface area contributed by atoms with E-state index in [9.17, 15) is 0 Å². The van der Waals surface area contributed by atoms with Gasteiger partial charge < -0.3 is 10.1 Å². The van der Waals surface area contributed by atoms with Gasteiger partial charge >= 0.3 is 0 Å². The van der Waals surface area contributed by atoms with Gasteiger partial charge in [-0.3, -0.25) is 0 Å². The predicted octanol–water partition coefficient (Wildman–Crippen LogP) is 4.97. The number of nitrogens with one attached hydrogen (secondary N) is 1. The molecule has 0 bridgehead atoms. The van der Waals surface area contributed by atoms with Crippen molar-refractivity contribution in [3.63, 3.8) is 0 Å². The first-order valence-electron chi connectivity index (χ1n) is 6.85. The van der Waals surface area contributed by atoms with Crippen LogP contribution in [0.4, 0.5) is 0 Å². The van der Waals surface area contributed by atoms with Gasteiger partial charge in [0.05, 0.1) is 0 Å². The Morgan fingerprint density at radius 2 is 1.75 bits per heavy atom. The minimum atomic E-state index is 0.821. The fraction of sp³-hybridized carbons (Fsp3) is 0.294. The number of para-hydroxylation sites is 1. The minimum Gasteiger partial charge on any atom is -0.457 e. The molecule has 0 radical (unpaired) electrons. The lowest BCUT2D eigenvalue weighted by Gasteiger charge is -2.13. The van der Waals surface area contributed by atoms with Crippen LogP contribution < -0.4 is 10.1 Å². The second-order valence-electron chi connectivity index (χ2n) is 4.86. The van der Waals surface area contributed by atoms with E-state index in [1.165, 1.54) is 16.7 Å². The molecule has 106 valence electrons. The van der Waals surface area contributed by atoms with Crippen molar-refractivity contribution in [1.82, 2.24) is 5.32 Å². The number of halogens is 1. The Balaban J connectivity index is 2.26. The van der Waals surface area contributed by atoms with Crippen LogP contribution in [0.25, 0.3) is 0 Å². The molecule has 0 amide bonds. The second-order valence-corrected chi connectivity index (χ2v) is 5.65. The number of ether oxygens (including phenoxy) is 1. The normalized spacial score (nSPS) is 10.6. The van der Waals surface area contributed by atoms with Crippen molar-refractivity contribution in [2.24, 2.45) is 0 Å². The molecule has 0 aromatic heterocycles. The molecular formula is C17H20BrNO. The molecule has 0 heterocycles. The molecule has 2 nitrogen and oxygen atoms in total. The molecule has 0 atom stereocenters. The van der Waals surface area contributed by atoms with Gasteiger partial charge in [0, 0.05) is 16.6 Å². The van der Waals surface area contributed by atoms with Crippen LogP contribution in [-0.4, -0.2) is 6.54 Å². The SMILES string of the molecule is CCNCc1ccccc1Oc1cc(C)c(Br)c(C)c1. The van der Waals surface area contributed by atoms with Gasteiger partial charge in [-0.25, -0.2) is 0 Å². The predicted molar refractivity (Wildman–Crippen MR) is 87.5 cm³/mol. The maximum Gasteiger partial charge on any atom is 0.131 e. The Morgan fingerprint density at radius 1 is 1.10 bits per heavy atom. The molecule has 0 aliphatic heterocycles. The molecule has 0 unspecified atom stereocenters. The van der Waals surface area contributed by atoms with Crippen molar-refractivity contribution < 1.29 is 4.74 Å². The molecule has 0 fully saturated rings. The standard InChI is InChI=1S/C17H20BrNO/c1-4-19-11-14-7-5-6-8-16(14)20-15-9-12(2)17(18)13(3)10-15/h5-10,19H,4,11H2,1-3H3. The number of rotatable bonds is 5. The molecule has 0 saturated heterocycles. The van der Waals surface area contributed by atoms with Crippen LogP contribution in [-0.2, 0) is 6.54 Å². The van der Waals surface area contributed by atoms with Crippen LogP contribution in [0, 0.1) is 13.8 Å². The summed E-state index contributed by atoms with van der Waals surface area (Å²) < 4.78 is 7.21. The van der Waals surface area contributed by atoms with Gasteiger partial charge in [0.25, 0.3) is 0 Å². The minimum absolute atomic E-state index is 0.821. The summed E-state index contributed by atoms with van der Waals surface area (Å²) in [6, 6.07) is 12.3. The average molecular weight is 334 g/mol. The molecule has 20 heavy (non-hydrogen) atoms. The lowest BCUT2D eigenvalue weighted by molar-refractivity contribution is 0.472. The highest BCUT2D eigenvalue weighted by molar-refractivity contribution is 9.10. The lowest BCUT2D eigenvalue weighted by atomic mass is 10.1. The molecular weight excluding hydrogens is 314 g/mol. The fourth-order valence-electron chi connectivity index (χ4n) is 2.10. The Labute approximate surface area is 129 Å². The molecule has 1 N–H and O–H groups in total. The zero-order valence-corrected chi connectivity index (χ0v) is 13.8. The molecule has 0 spiro atoms. The van der Waals surface area contributed by atoms with E-state index in [2.05, 4.69) is 60.2 Å². The van der Waals surface area contributed by atoms with Gasteiger partial charge in [0.1, 0.15) is 11.5 Å². The third-order valence-corrected chi connectivity index (χ3v) is 4.43. The molecule has 2 aromatic carbocycles. The summed E-state index contributed by atoms with van der Waals surface area (Å²) in [7, 11) is 0. The quantitative estimate of drug-likeness (QED) is 0.834. The number of aryl methyl sites for hydroxylation is 2. The summed E-state index contributed by atoms with van der Waals surface area (Å²) in [4.78, 5) is 0. The second kappa shape index (κ2) is 6.91. The number of hydrogen-bond acceptors (Lipinski definition) is 2. The van der Waals surface area contributed by atoms with E-state index in [0.717, 1.165) is 29.1 Å². The van der Waals surface area contributed by atoms with Crippen LogP contribution in [0.1, 0.15) is 23.6 Å². The fourth-order valence-corrected chi connectivity index (χ4v) is 2.33. The van der Waals surface area contributed by atoms with Crippen LogP contribution in [0.2, 0.25) is 0 Å². The highest BCUT2D eigenvalue weighted by atomic mass is 79.9. The third kappa shape index (κ3) is 3.62. The van der Waals surface area contributed by atoms with E-state index in [-0.39, 0.29) is 0 Å². The van der Waals surface area contributed by atoms with Crippen molar-refractivity contribution in [1.29, 1.82) is 0 Å². The summed E-state index contributed by atoms with van der Waals surface area (Å²) in [5, 5.41) is 3.34. The molecule has 0 aliphatic rings. The molecule has 3 heteroatoms. The smallest absolute Gasteiger partial charge is 0.131 e. The first-order chi connectivity index (χ1) is 9.61.